The zero-order valence-electron chi connectivity index (χ0n) is 10.6. The molecule has 2 N–H and O–H groups in total. The second-order valence-corrected chi connectivity index (χ2v) is 3.83. The van der Waals surface area contributed by atoms with Gasteiger partial charge in [0.05, 0.1) is 19.6 Å². The van der Waals surface area contributed by atoms with Crippen molar-refractivity contribution < 1.29 is 23.9 Å². The highest BCUT2D eigenvalue weighted by Crippen LogP contribution is 2.18. The fourth-order valence-corrected chi connectivity index (χ4v) is 1.53. The molecule has 0 fully saturated rings. The quantitative estimate of drug-likeness (QED) is 0.795. The third-order valence-electron chi connectivity index (χ3n) is 2.55. The van der Waals surface area contributed by atoms with Crippen molar-refractivity contribution in [1.82, 2.24) is 10.4 Å². The molecule has 0 unspecified atom stereocenters. The third-order valence-corrected chi connectivity index (χ3v) is 2.55. The van der Waals surface area contributed by atoms with Gasteiger partial charge in [-0.15, -0.1) is 0 Å². The lowest BCUT2D eigenvalue weighted by atomic mass is 10.0. The first-order chi connectivity index (χ1) is 8.93. The smallest absolute Gasteiger partial charge is 0.405 e. The van der Waals surface area contributed by atoms with Crippen molar-refractivity contribution in [3.8, 4) is 0 Å². The lowest BCUT2D eigenvalue weighted by Gasteiger charge is -2.20. The van der Waals surface area contributed by atoms with Crippen molar-refractivity contribution >= 4 is 12.0 Å². The van der Waals surface area contributed by atoms with E-state index in [4.69, 9.17) is 9.94 Å². The second-order valence-electron chi connectivity index (χ2n) is 3.83. The van der Waals surface area contributed by atoms with Gasteiger partial charge in [-0.25, -0.2) is 14.2 Å². The zero-order valence-corrected chi connectivity index (χ0v) is 10.6. The monoisotopic (exact) mass is 270 g/mol. The van der Waals surface area contributed by atoms with Crippen LogP contribution in [-0.2, 0) is 9.63 Å². The summed E-state index contributed by atoms with van der Waals surface area (Å²) in [4.78, 5) is 27.1. The van der Waals surface area contributed by atoms with Crippen LogP contribution in [0.5, 0.6) is 0 Å². The number of halogens is 1. The average molecular weight is 270 g/mol. The Bertz CT molecular complexity index is 467. The first-order valence-corrected chi connectivity index (χ1v) is 5.49. The van der Waals surface area contributed by atoms with Crippen LogP contribution < -0.4 is 5.32 Å². The molecule has 0 bridgehead atoms. The van der Waals surface area contributed by atoms with Gasteiger partial charge in [0.25, 0.3) is 0 Å². The molecular weight excluding hydrogens is 255 g/mol. The lowest BCUT2D eigenvalue weighted by molar-refractivity contribution is -0.169. The Kier molecular flexibility index (Phi) is 5.25. The molecule has 0 aliphatic rings. The van der Waals surface area contributed by atoms with E-state index in [0.29, 0.717) is 5.56 Å². The Labute approximate surface area is 109 Å². The highest BCUT2D eigenvalue weighted by molar-refractivity contribution is 5.76. The van der Waals surface area contributed by atoms with Gasteiger partial charge >= 0.3 is 6.09 Å². The van der Waals surface area contributed by atoms with Crippen LogP contribution in [0.25, 0.3) is 0 Å². The van der Waals surface area contributed by atoms with Gasteiger partial charge in [0.1, 0.15) is 5.82 Å². The van der Waals surface area contributed by atoms with E-state index in [1.165, 1.54) is 32.4 Å². The van der Waals surface area contributed by atoms with Crippen molar-refractivity contribution in [3.05, 3.63) is 35.6 Å². The first-order valence-electron chi connectivity index (χ1n) is 5.49. The highest BCUT2D eigenvalue weighted by atomic mass is 19.1. The van der Waals surface area contributed by atoms with Crippen LogP contribution in [-0.4, -0.2) is 36.3 Å². The first kappa shape index (κ1) is 14.9. The van der Waals surface area contributed by atoms with Gasteiger partial charge in [-0.2, -0.15) is 0 Å². The number of carboxylic acid groups (broad SMARTS) is 1. The van der Waals surface area contributed by atoms with Crippen LogP contribution in [0.2, 0.25) is 0 Å². The maximum Gasteiger partial charge on any atom is 0.405 e. The molecule has 19 heavy (non-hydrogen) atoms. The van der Waals surface area contributed by atoms with Gasteiger partial charge in [-0.1, -0.05) is 12.1 Å². The Hall–Kier alpha value is -2.15. The molecule has 0 radical (unpaired) electrons. The molecule has 0 aliphatic heterocycles. The van der Waals surface area contributed by atoms with E-state index < -0.39 is 23.9 Å². The minimum Gasteiger partial charge on any atom is -0.465 e. The van der Waals surface area contributed by atoms with Gasteiger partial charge in [0.15, 0.2) is 0 Å². The Morgan fingerprint density at radius 1 is 1.53 bits per heavy atom. The van der Waals surface area contributed by atoms with E-state index in [9.17, 15) is 14.0 Å². The maximum absolute atomic E-state index is 13.1. The number of hydrogen-bond donors (Lipinski definition) is 2. The molecule has 7 heteroatoms. The van der Waals surface area contributed by atoms with Crippen molar-refractivity contribution in [3.63, 3.8) is 0 Å². The summed E-state index contributed by atoms with van der Waals surface area (Å²) in [6.45, 7) is 0. The highest BCUT2D eigenvalue weighted by Gasteiger charge is 2.20. The summed E-state index contributed by atoms with van der Waals surface area (Å²) in [5.74, 6) is -0.923. The summed E-state index contributed by atoms with van der Waals surface area (Å²) < 4.78 is 13.1. The molecule has 0 aliphatic carbocycles. The lowest BCUT2D eigenvalue weighted by Crippen LogP contribution is -2.33. The molecule has 1 aromatic rings. The number of carbonyl (C=O) groups excluding carboxylic acids is 1. The number of carbonyl (C=O) groups is 2. The van der Waals surface area contributed by atoms with Crippen LogP contribution in [0.4, 0.5) is 9.18 Å². The second kappa shape index (κ2) is 6.69. The number of nitrogens with one attached hydrogen (secondary N) is 1. The Morgan fingerprint density at radius 3 is 2.74 bits per heavy atom. The van der Waals surface area contributed by atoms with Crippen LogP contribution in [0.1, 0.15) is 18.0 Å². The molecule has 6 nitrogen and oxygen atoms in total. The van der Waals surface area contributed by atoms with Crippen LogP contribution >= 0.6 is 0 Å². The van der Waals surface area contributed by atoms with Crippen LogP contribution in [0.15, 0.2) is 24.3 Å². The van der Waals surface area contributed by atoms with Crippen molar-refractivity contribution in [2.45, 2.75) is 12.5 Å². The predicted octanol–water partition coefficient (Wildman–Crippen LogP) is 1.54. The number of hydrogen-bond acceptors (Lipinski definition) is 3. The van der Waals surface area contributed by atoms with E-state index in [0.717, 1.165) is 5.06 Å². The zero-order chi connectivity index (χ0) is 14.4. The fourth-order valence-electron chi connectivity index (χ4n) is 1.53. The number of benzene rings is 1. The molecule has 1 atom stereocenters. The Morgan fingerprint density at radius 2 is 2.21 bits per heavy atom. The van der Waals surface area contributed by atoms with E-state index in [1.54, 1.807) is 6.07 Å². The van der Waals surface area contributed by atoms with E-state index >= 15 is 0 Å². The molecule has 0 saturated carbocycles. The largest absolute Gasteiger partial charge is 0.465 e. The fraction of sp³-hybridized carbons (Fsp3) is 0.333. The van der Waals surface area contributed by atoms with E-state index in [-0.39, 0.29) is 6.42 Å². The number of hydroxylamine groups is 2. The van der Waals surface area contributed by atoms with Gasteiger partial charge in [-0.05, 0) is 17.7 Å². The summed E-state index contributed by atoms with van der Waals surface area (Å²) in [6, 6.07) is 4.58. The molecule has 0 heterocycles. The number of nitrogens with zero attached hydrogens (tertiary/aromatic N) is 1. The topological polar surface area (TPSA) is 78.9 Å². The molecule has 1 aromatic carbocycles. The van der Waals surface area contributed by atoms with E-state index in [1.807, 2.05) is 0 Å². The molecule has 0 spiro atoms. The van der Waals surface area contributed by atoms with Gasteiger partial charge in [0, 0.05) is 7.05 Å². The van der Waals surface area contributed by atoms with Crippen molar-refractivity contribution in [2.75, 3.05) is 14.2 Å². The SMILES string of the molecule is CON(C)C(=O)C[C@H](NC(=O)O)c1cccc(F)c1. The molecule has 1 rings (SSSR count). The molecular formula is C12H15FN2O4. The summed E-state index contributed by atoms with van der Waals surface area (Å²) >= 11 is 0. The summed E-state index contributed by atoms with van der Waals surface area (Å²) in [5, 5.41) is 11.9. The molecule has 0 aromatic heterocycles. The maximum atomic E-state index is 13.1. The Balaban J connectivity index is 2.89. The van der Waals surface area contributed by atoms with Crippen LogP contribution in [0.3, 0.4) is 0 Å². The standard InChI is InChI=1S/C12H15FN2O4/c1-15(19-2)11(16)7-10(14-12(17)18)8-4-3-5-9(13)6-8/h3-6,10,14H,7H2,1-2H3,(H,17,18)/t10-/m0/s1. The van der Waals surface area contributed by atoms with Gasteiger partial charge in [-0.3, -0.25) is 9.63 Å². The van der Waals surface area contributed by atoms with Gasteiger partial charge in [0.2, 0.25) is 5.91 Å². The third kappa shape index (κ3) is 4.55. The number of rotatable bonds is 5. The molecule has 2 amide bonds. The summed E-state index contributed by atoms with van der Waals surface area (Å²) in [5.41, 5.74) is 0.375. The minimum atomic E-state index is -1.29. The summed E-state index contributed by atoms with van der Waals surface area (Å²) in [6.07, 6.45) is -1.46. The van der Waals surface area contributed by atoms with E-state index in [2.05, 4.69) is 5.32 Å². The van der Waals surface area contributed by atoms with Gasteiger partial charge < -0.3 is 10.4 Å². The minimum absolute atomic E-state index is 0.167. The predicted molar refractivity (Wildman–Crippen MR) is 64.7 cm³/mol. The molecule has 0 saturated heterocycles. The summed E-state index contributed by atoms with van der Waals surface area (Å²) in [7, 11) is 2.73. The van der Waals surface area contributed by atoms with Crippen molar-refractivity contribution in [2.24, 2.45) is 0 Å². The average Bonchev–Trinajstić information content (AvgIpc) is 2.36. The molecule has 104 valence electrons. The van der Waals surface area contributed by atoms with Crippen molar-refractivity contribution in [1.29, 1.82) is 0 Å². The number of amides is 2. The normalized spacial score (nSPS) is 11.7. The van der Waals surface area contributed by atoms with Crippen LogP contribution in [0, 0.1) is 5.82 Å².